The van der Waals surface area contributed by atoms with Crippen molar-refractivity contribution in [1.82, 2.24) is 25.5 Å². The summed E-state index contributed by atoms with van der Waals surface area (Å²) in [6.45, 7) is 5.33. The van der Waals surface area contributed by atoms with Crippen LogP contribution in [0.15, 0.2) is 34.8 Å². The Morgan fingerprint density at radius 2 is 2.28 bits per heavy atom. The van der Waals surface area contributed by atoms with Crippen molar-refractivity contribution >= 4 is 11.8 Å². The average molecular weight is 263 g/mol. The molecule has 2 aromatic rings. The normalized spacial score (nSPS) is 12.6. The van der Waals surface area contributed by atoms with Crippen molar-refractivity contribution in [3.05, 3.63) is 30.2 Å². The molecule has 0 saturated carbocycles. The van der Waals surface area contributed by atoms with E-state index in [0.29, 0.717) is 6.04 Å². The van der Waals surface area contributed by atoms with Crippen molar-refractivity contribution in [2.75, 3.05) is 6.54 Å². The summed E-state index contributed by atoms with van der Waals surface area (Å²) in [7, 11) is 0. The molecule has 0 aliphatic rings. The first-order valence-corrected chi connectivity index (χ1v) is 6.83. The molecule has 2 aromatic heterocycles. The summed E-state index contributed by atoms with van der Waals surface area (Å²) in [6.07, 6.45) is 4.54. The molecule has 0 aliphatic heterocycles. The van der Waals surface area contributed by atoms with E-state index in [-0.39, 0.29) is 0 Å². The van der Waals surface area contributed by atoms with Crippen molar-refractivity contribution in [3.8, 4) is 0 Å². The number of pyridine rings is 1. The first-order chi connectivity index (χ1) is 8.79. The Kier molecular flexibility index (Phi) is 4.72. The lowest BCUT2D eigenvalue weighted by Crippen LogP contribution is -2.19. The Morgan fingerprint density at radius 1 is 1.39 bits per heavy atom. The summed E-state index contributed by atoms with van der Waals surface area (Å²) < 4.78 is 0. The third-order valence-electron chi connectivity index (χ3n) is 2.55. The molecule has 1 atom stereocenters. The lowest BCUT2D eigenvalue weighted by molar-refractivity contribution is 0.568. The fourth-order valence-electron chi connectivity index (χ4n) is 1.53. The van der Waals surface area contributed by atoms with Gasteiger partial charge in [-0.15, -0.1) is 0 Å². The molecule has 5 nitrogen and oxygen atoms in total. The molecular weight excluding hydrogens is 246 g/mol. The Morgan fingerprint density at radius 3 is 2.89 bits per heavy atom. The zero-order chi connectivity index (χ0) is 12.8. The molecular formula is C12H17N5S. The van der Waals surface area contributed by atoms with E-state index in [9.17, 15) is 0 Å². The van der Waals surface area contributed by atoms with Crippen molar-refractivity contribution in [2.24, 2.45) is 0 Å². The standard InChI is InChI=1S/C12H17N5S/c1-3-6-13-9(2)10-4-5-11(14-7-10)18-12-15-8-16-17-12/h4-5,7-9,13H,3,6H2,1-2H3,(H,15,16,17). The second kappa shape index (κ2) is 6.51. The number of aromatic nitrogens is 4. The minimum Gasteiger partial charge on any atom is -0.310 e. The summed E-state index contributed by atoms with van der Waals surface area (Å²) in [4.78, 5) is 8.47. The minimum atomic E-state index is 0.335. The first kappa shape index (κ1) is 13.0. The maximum Gasteiger partial charge on any atom is 0.189 e. The van der Waals surface area contributed by atoms with E-state index >= 15 is 0 Å². The van der Waals surface area contributed by atoms with Gasteiger partial charge in [-0.25, -0.2) is 9.97 Å². The largest absolute Gasteiger partial charge is 0.310 e. The number of nitrogens with one attached hydrogen (secondary N) is 2. The SMILES string of the molecule is CCCNC(C)c1ccc(Sc2ncn[nH]2)nc1. The fourth-order valence-corrected chi connectivity index (χ4v) is 2.17. The Bertz CT molecular complexity index is 454. The van der Waals surface area contributed by atoms with E-state index in [1.807, 2.05) is 12.3 Å². The van der Waals surface area contributed by atoms with Gasteiger partial charge in [0.25, 0.3) is 0 Å². The molecule has 0 spiro atoms. The second-order valence-corrected chi connectivity index (χ2v) is 5.01. The van der Waals surface area contributed by atoms with Crippen LogP contribution in [0.2, 0.25) is 0 Å². The zero-order valence-corrected chi connectivity index (χ0v) is 11.4. The van der Waals surface area contributed by atoms with Crippen LogP contribution in [-0.2, 0) is 0 Å². The van der Waals surface area contributed by atoms with Crippen molar-refractivity contribution < 1.29 is 0 Å². The van der Waals surface area contributed by atoms with Gasteiger partial charge in [0.05, 0.1) is 0 Å². The maximum atomic E-state index is 4.42. The molecule has 1 unspecified atom stereocenters. The summed E-state index contributed by atoms with van der Waals surface area (Å²) in [5.41, 5.74) is 1.20. The number of rotatable bonds is 6. The van der Waals surface area contributed by atoms with Crippen molar-refractivity contribution in [3.63, 3.8) is 0 Å². The van der Waals surface area contributed by atoms with E-state index < -0.39 is 0 Å². The molecule has 96 valence electrons. The van der Waals surface area contributed by atoms with Crippen LogP contribution in [0.5, 0.6) is 0 Å². The van der Waals surface area contributed by atoms with Crippen LogP contribution in [-0.4, -0.2) is 26.7 Å². The highest BCUT2D eigenvalue weighted by atomic mass is 32.2. The highest BCUT2D eigenvalue weighted by Crippen LogP contribution is 2.22. The topological polar surface area (TPSA) is 66.5 Å². The van der Waals surface area contributed by atoms with E-state index in [1.165, 1.54) is 23.7 Å². The zero-order valence-electron chi connectivity index (χ0n) is 10.6. The van der Waals surface area contributed by atoms with Crippen LogP contribution < -0.4 is 5.32 Å². The lowest BCUT2D eigenvalue weighted by Gasteiger charge is -2.13. The predicted molar refractivity (Wildman–Crippen MR) is 71.5 cm³/mol. The highest BCUT2D eigenvalue weighted by Gasteiger charge is 2.06. The van der Waals surface area contributed by atoms with E-state index in [1.54, 1.807) is 0 Å². The minimum absolute atomic E-state index is 0.335. The van der Waals surface area contributed by atoms with Gasteiger partial charge in [-0.2, -0.15) is 5.10 Å². The number of H-pyrrole nitrogens is 1. The Balaban J connectivity index is 1.96. The summed E-state index contributed by atoms with van der Waals surface area (Å²) in [5.74, 6) is 0. The highest BCUT2D eigenvalue weighted by molar-refractivity contribution is 7.99. The average Bonchev–Trinajstić information content (AvgIpc) is 2.89. The summed E-state index contributed by atoms with van der Waals surface area (Å²) in [6, 6.07) is 4.44. The third-order valence-corrected chi connectivity index (χ3v) is 3.39. The third kappa shape index (κ3) is 3.54. The van der Waals surface area contributed by atoms with Gasteiger partial charge in [-0.05, 0) is 43.3 Å². The smallest absolute Gasteiger partial charge is 0.189 e. The molecule has 0 aromatic carbocycles. The number of hydrogen-bond donors (Lipinski definition) is 2. The van der Waals surface area contributed by atoms with Crippen LogP contribution >= 0.6 is 11.8 Å². The summed E-state index contributed by atoms with van der Waals surface area (Å²) >= 11 is 1.47. The van der Waals surface area contributed by atoms with Crippen molar-refractivity contribution in [2.45, 2.75) is 36.5 Å². The van der Waals surface area contributed by atoms with Gasteiger partial charge in [0.1, 0.15) is 11.4 Å². The predicted octanol–water partition coefficient (Wildman–Crippen LogP) is 2.41. The monoisotopic (exact) mass is 263 g/mol. The first-order valence-electron chi connectivity index (χ1n) is 6.02. The van der Waals surface area contributed by atoms with E-state index in [4.69, 9.17) is 0 Å². The van der Waals surface area contributed by atoms with E-state index in [2.05, 4.69) is 45.4 Å². The van der Waals surface area contributed by atoms with Gasteiger partial charge in [0.2, 0.25) is 0 Å². The molecule has 0 radical (unpaired) electrons. The number of hydrogen-bond acceptors (Lipinski definition) is 5. The quantitative estimate of drug-likeness (QED) is 0.837. The maximum absolute atomic E-state index is 4.42. The Hall–Kier alpha value is -1.40. The molecule has 2 heterocycles. The van der Waals surface area contributed by atoms with Crippen LogP contribution in [0.1, 0.15) is 31.9 Å². The van der Waals surface area contributed by atoms with Gasteiger partial charge in [0, 0.05) is 12.2 Å². The molecule has 0 bridgehead atoms. The van der Waals surface area contributed by atoms with Gasteiger partial charge in [0.15, 0.2) is 5.16 Å². The molecule has 18 heavy (non-hydrogen) atoms. The molecule has 0 aliphatic carbocycles. The number of aromatic amines is 1. The molecule has 2 rings (SSSR count). The van der Waals surface area contributed by atoms with Crippen molar-refractivity contribution in [1.29, 1.82) is 0 Å². The van der Waals surface area contributed by atoms with Crippen LogP contribution in [0.4, 0.5) is 0 Å². The lowest BCUT2D eigenvalue weighted by atomic mass is 10.1. The molecule has 0 amide bonds. The fraction of sp³-hybridized carbons (Fsp3) is 0.417. The van der Waals surface area contributed by atoms with Crippen LogP contribution in [0.25, 0.3) is 0 Å². The van der Waals surface area contributed by atoms with Gasteiger partial charge < -0.3 is 5.32 Å². The van der Waals surface area contributed by atoms with Crippen LogP contribution in [0.3, 0.4) is 0 Å². The molecule has 2 N–H and O–H groups in total. The van der Waals surface area contributed by atoms with E-state index in [0.717, 1.165) is 23.1 Å². The molecule has 0 saturated heterocycles. The number of nitrogens with zero attached hydrogens (tertiary/aromatic N) is 3. The Labute approximate surface area is 111 Å². The van der Waals surface area contributed by atoms with Crippen LogP contribution in [0, 0.1) is 0 Å². The second-order valence-electron chi connectivity index (χ2n) is 4.00. The van der Waals surface area contributed by atoms with Gasteiger partial charge in [-0.1, -0.05) is 13.0 Å². The van der Waals surface area contributed by atoms with Gasteiger partial charge >= 0.3 is 0 Å². The van der Waals surface area contributed by atoms with Gasteiger partial charge in [-0.3, -0.25) is 5.10 Å². The summed E-state index contributed by atoms with van der Waals surface area (Å²) in [5, 5.41) is 11.7. The molecule has 0 fully saturated rings. The molecule has 6 heteroatoms.